The summed E-state index contributed by atoms with van der Waals surface area (Å²) in [4.78, 5) is 23.7. The van der Waals surface area contributed by atoms with Crippen molar-refractivity contribution in [1.29, 1.82) is 0 Å². The number of alkyl halides is 6. The van der Waals surface area contributed by atoms with Crippen LogP contribution >= 0.6 is 0 Å². The van der Waals surface area contributed by atoms with Crippen molar-refractivity contribution in [2.24, 2.45) is 5.92 Å². The molecule has 1 rings (SSSR count). The molecule has 0 aromatic rings. The average molecular weight is 436 g/mol. The van der Waals surface area contributed by atoms with Crippen molar-refractivity contribution in [3.8, 4) is 0 Å². The predicted octanol–water partition coefficient (Wildman–Crippen LogP) is 2.82. The molecule has 0 spiro atoms. The minimum absolute atomic E-state index is 0.0236. The van der Waals surface area contributed by atoms with Crippen LogP contribution in [0.15, 0.2) is 11.6 Å². The fourth-order valence-corrected chi connectivity index (χ4v) is 3.14. The first-order chi connectivity index (χ1) is 13.2. The molecule has 3 atom stereocenters. The molecule has 0 unspecified atom stereocenters. The van der Waals surface area contributed by atoms with Gasteiger partial charge in [-0.05, 0) is 33.1 Å². The number of allylic oxidation sites excluding steroid dienone is 1. The Morgan fingerprint density at radius 2 is 1.52 bits per heavy atom. The lowest BCUT2D eigenvalue weighted by molar-refractivity contribution is -0.279. The van der Waals surface area contributed by atoms with Gasteiger partial charge < -0.3 is 19.7 Å². The first-order valence-electron chi connectivity index (χ1n) is 8.78. The third-order valence-corrected chi connectivity index (χ3v) is 4.62. The SMILES string of the molecule is CCOC(=O)[C@](O)(CC1=CCCC[C@H]1[C@@](O)(C(=O)OCC)C(F)(F)F)C(F)(F)F. The second-order valence-electron chi connectivity index (χ2n) is 6.50. The highest BCUT2D eigenvalue weighted by Gasteiger charge is 2.68. The summed E-state index contributed by atoms with van der Waals surface area (Å²) in [6.07, 6.45) is -12.3. The van der Waals surface area contributed by atoms with E-state index in [-0.39, 0.29) is 12.8 Å². The van der Waals surface area contributed by atoms with Gasteiger partial charge in [0.25, 0.3) is 11.2 Å². The maximum absolute atomic E-state index is 13.6. The van der Waals surface area contributed by atoms with Crippen LogP contribution in [0.5, 0.6) is 0 Å². The summed E-state index contributed by atoms with van der Waals surface area (Å²) in [5.41, 5.74) is -9.03. The van der Waals surface area contributed by atoms with Crippen molar-refractivity contribution in [3.63, 3.8) is 0 Å². The number of aliphatic hydroxyl groups is 2. The summed E-state index contributed by atoms with van der Waals surface area (Å²) in [6, 6.07) is 0. The summed E-state index contributed by atoms with van der Waals surface area (Å²) in [5, 5.41) is 20.3. The van der Waals surface area contributed by atoms with Crippen molar-refractivity contribution in [2.45, 2.75) is 63.1 Å². The third kappa shape index (κ3) is 4.85. The van der Waals surface area contributed by atoms with Gasteiger partial charge in [0.15, 0.2) is 0 Å². The lowest BCUT2D eigenvalue weighted by Crippen LogP contribution is -2.60. The summed E-state index contributed by atoms with van der Waals surface area (Å²) in [7, 11) is 0. The normalized spacial score (nSPS) is 22.1. The van der Waals surface area contributed by atoms with Crippen molar-refractivity contribution in [1.82, 2.24) is 0 Å². The zero-order valence-electron chi connectivity index (χ0n) is 15.7. The van der Waals surface area contributed by atoms with Crippen molar-refractivity contribution < 1.29 is 55.6 Å². The van der Waals surface area contributed by atoms with Crippen LogP contribution in [-0.4, -0.2) is 58.9 Å². The fraction of sp³-hybridized carbons (Fsp3) is 0.765. The smallest absolute Gasteiger partial charge is 0.428 e. The van der Waals surface area contributed by atoms with E-state index in [4.69, 9.17) is 0 Å². The molecule has 1 aliphatic carbocycles. The van der Waals surface area contributed by atoms with E-state index in [1.54, 1.807) is 0 Å². The number of carbonyl (C=O) groups is 2. The van der Waals surface area contributed by atoms with Crippen LogP contribution in [0.3, 0.4) is 0 Å². The predicted molar refractivity (Wildman–Crippen MR) is 85.3 cm³/mol. The van der Waals surface area contributed by atoms with Gasteiger partial charge in [-0.2, -0.15) is 26.3 Å². The standard InChI is InChI=1S/C17H22F6O6/c1-3-28-12(24)14(26,16(18,19)20)9-10-7-5-6-8-11(10)15(27,17(21,22)23)13(25)29-4-2/h7,11,26-27H,3-6,8-9H2,1-2H3/t11-,14-,15-/m1/s1. The number of hydrogen-bond acceptors (Lipinski definition) is 6. The van der Waals surface area contributed by atoms with Crippen LogP contribution in [-0.2, 0) is 19.1 Å². The lowest BCUT2D eigenvalue weighted by Gasteiger charge is -2.40. The van der Waals surface area contributed by atoms with E-state index < -0.39 is 73.0 Å². The lowest BCUT2D eigenvalue weighted by atomic mass is 9.71. The van der Waals surface area contributed by atoms with Gasteiger partial charge in [0.2, 0.25) is 0 Å². The molecule has 0 fully saturated rings. The Labute approximate surface area is 162 Å². The minimum Gasteiger partial charge on any atom is -0.464 e. The molecule has 0 saturated carbocycles. The van der Waals surface area contributed by atoms with Crippen molar-refractivity contribution in [3.05, 3.63) is 11.6 Å². The molecular formula is C17H22F6O6. The highest BCUT2D eigenvalue weighted by atomic mass is 19.4. The molecule has 168 valence electrons. The molecule has 29 heavy (non-hydrogen) atoms. The Morgan fingerprint density at radius 1 is 1.00 bits per heavy atom. The maximum atomic E-state index is 13.6. The highest BCUT2D eigenvalue weighted by Crippen LogP contribution is 2.48. The largest absolute Gasteiger partial charge is 0.464 e. The van der Waals surface area contributed by atoms with Crippen LogP contribution in [0, 0.1) is 5.92 Å². The molecule has 0 amide bonds. The molecule has 0 aromatic heterocycles. The molecule has 0 aliphatic heterocycles. The Hall–Kier alpha value is -1.82. The van der Waals surface area contributed by atoms with Gasteiger partial charge in [-0.3, -0.25) is 0 Å². The first-order valence-corrected chi connectivity index (χ1v) is 8.78. The van der Waals surface area contributed by atoms with Crippen LogP contribution < -0.4 is 0 Å². The maximum Gasteiger partial charge on any atom is 0.428 e. The number of hydrogen-bond donors (Lipinski definition) is 2. The molecule has 0 heterocycles. The molecule has 0 radical (unpaired) electrons. The second kappa shape index (κ2) is 8.90. The summed E-state index contributed by atoms with van der Waals surface area (Å²) < 4.78 is 89.7. The van der Waals surface area contributed by atoms with E-state index in [1.807, 2.05) is 0 Å². The molecule has 6 nitrogen and oxygen atoms in total. The minimum atomic E-state index is -5.58. The zero-order valence-corrected chi connectivity index (χ0v) is 15.7. The van der Waals surface area contributed by atoms with Crippen molar-refractivity contribution in [2.75, 3.05) is 13.2 Å². The van der Waals surface area contributed by atoms with E-state index in [2.05, 4.69) is 9.47 Å². The molecule has 0 aromatic carbocycles. The molecule has 2 N–H and O–H groups in total. The van der Waals surface area contributed by atoms with Gasteiger partial charge in [-0.25, -0.2) is 9.59 Å². The van der Waals surface area contributed by atoms with Gasteiger partial charge in [-0.15, -0.1) is 0 Å². The van der Waals surface area contributed by atoms with Gasteiger partial charge in [0, 0.05) is 12.3 Å². The van der Waals surface area contributed by atoms with E-state index in [0.717, 1.165) is 6.08 Å². The third-order valence-electron chi connectivity index (χ3n) is 4.62. The summed E-state index contributed by atoms with van der Waals surface area (Å²) in [5.74, 6) is -6.35. The van der Waals surface area contributed by atoms with E-state index in [9.17, 15) is 46.1 Å². The van der Waals surface area contributed by atoms with Crippen LogP contribution in [0.25, 0.3) is 0 Å². The molecule has 0 bridgehead atoms. The first kappa shape index (κ1) is 25.2. The van der Waals surface area contributed by atoms with Crippen LogP contribution in [0.4, 0.5) is 26.3 Å². The van der Waals surface area contributed by atoms with Gasteiger partial charge in [0.05, 0.1) is 13.2 Å². The Bertz CT molecular complexity index is 643. The van der Waals surface area contributed by atoms with Gasteiger partial charge in [-0.1, -0.05) is 11.6 Å². The highest BCUT2D eigenvalue weighted by molar-refractivity contribution is 5.83. The molecule has 1 aliphatic rings. The topological polar surface area (TPSA) is 93.1 Å². The zero-order chi connectivity index (χ0) is 22.7. The monoisotopic (exact) mass is 436 g/mol. The van der Waals surface area contributed by atoms with Crippen LogP contribution in [0.2, 0.25) is 0 Å². The second-order valence-corrected chi connectivity index (χ2v) is 6.50. The van der Waals surface area contributed by atoms with Gasteiger partial charge >= 0.3 is 24.3 Å². The van der Waals surface area contributed by atoms with Gasteiger partial charge in [0.1, 0.15) is 0 Å². The molecule has 12 heteroatoms. The summed E-state index contributed by atoms with van der Waals surface area (Å²) >= 11 is 0. The van der Waals surface area contributed by atoms with Crippen LogP contribution in [0.1, 0.15) is 39.5 Å². The molecular weight excluding hydrogens is 414 g/mol. The molecule has 0 saturated heterocycles. The Morgan fingerprint density at radius 3 is 1.97 bits per heavy atom. The summed E-state index contributed by atoms with van der Waals surface area (Å²) in [6.45, 7) is 1.34. The Balaban J connectivity index is 3.46. The van der Waals surface area contributed by atoms with Crippen molar-refractivity contribution >= 4 is 11.9 Å². The number of ether oxygens (including phenoxy) is 2. The van der Waals surface area contributed by atoms with E-state index in [1.165, 1.54) is 13.8 Å². The fourth-order valence-electron chi connectivity index (χ4n) is 3.14. The number of esters is 2. The Kier molecular flexibility index (Phi) is 7.74. The number of rotatable bonds is 7. The van der Waals surface area contributed by atoms with E-state index in [0.29, 0.717) is 0 Å². The number of carbonyl (C=O) groups excluding carboxylic acids is 2. The quantitative estimate of drug-likeness (QED) is 0.362. The average Bonchev–Trinajstić information content (AvgIpc) is 2.59. The number of halogens is 6. The van der Waals surface area contributed by atoms with E-state index >= 15 is 0 Å².